The summed E-state index contributed by atoms with van der Waals surface area (Å²) in [5.41, 5.74) is 7.95. The number of aromatic hydroxyl groups is 1. The molecule has 1 rings (SSSR count). The molecule has 0 fully saturated rings. The fourth-order valence-electron chi connectivity index (χ4n) is 1.42. The molecule has 0 amide bonds. The molecule has 0 radical (unpaired) electrons. The molecule has 3 N–H and O–H groups in total. The minimum absolute atomic E-state index is 0.100. The van der Waals surface area contributed by atoms with E-state index >= 15 is 0 Å². The maximum atomic E-state index is 9.42. The molecule has 0 spiro atoms. The lowest BCUT2D eigenvalue weighted by Crippen LogP contribution is -2.10. The molecule has 3 heteroatoms. The van der Waals surface area contributed by atoms with Crippen LogP contribution in [-0.4, -0.2) is 12.2 Å². The first-order chi connectivity index (χ1) is 7.04. The SMILES string of the molecule is C=C(C)C[C@H](N)c1ccc(O)c(OC)c1. The van der Waals surface area contributed by atoms with Crippen molar-refractivity contribution in [2.75, 3.05) is 7.11 Å². The van der Waals surface area contributed by atoms with E-state index in [2.05, 4.69) is 6.58 Å². The summed E-state index contributed by atoms with van der Waals surface area (Å²) in [5, 5.41) is 9.42. The average molecular weight is 207 g/mol. The van der Waals surface area contributed by atoms with Crippen LogP contribution in [0.5, 0.6) is 11.5 Å². The highest BCUT2D eigenvalue weighted by Gasteiger charge is 2.09. The molecular weight excluding hydrogens is 190 g/mol. The minimum atomic E-state index is -0.100. The predicted octanol–water partition coefficient (Wildman–Crippen LogP) is 2.37. The first-order valence-corrected chi connectivity index (χ1v) is 4.81. The highest BCUT2D eigenvalue weighted by atomic mass is 16.5. The van der Waals surface area contributed by atoms with Crippen LogP contribution in [0.4, 0.5) is 0 Å². The van der Waals surface area contributed by atoms with Crippen LogP contribution in [0.2, 0.25) is 0 Å². The molecular formula is C12H17NO2. The van der Waals surface area contributed by atoms with Crippen molar-refractivity contribution < 1.29 is 9.84 Å². The van der Waals surface area contributed by atoms with Gasteiger partial charge in [-0.15, -0.1) is 6.58 Å². The van der Waals surface area contributed by atoms with Crippen LogP contribution in [0.3, 0.4) is 0 Å². The van der Waals surface area contributed by atoms with Gasteiger partial charge in [-0.05, 0) is 31.0 Å². The third-order valence-corrected chi connectivity index (χ3v) is 2.20. The molecule has 0 saturated carbocycles. The molecule has 1 aromatic carbocycles. The van der Waals surface area contributed by atoms with Gasteiger partial charge in [-0.2, -0.15) is 0 Å². The lowest BCUT2D eigenvalue weighted by atomic mass is 10.0. The standard InChI is InChI=1S/C12H17NO2/c1-8(2)6-10(13)9-4-5-11(14)12(7-9)15-3/h4-5,7,10,14H,1,6,13H2,2-3H3/t10-/m0/s1. The molecule has 0 bridgehead atoms. The van der Waals surface area contributed by atoms with E-state index < -0.39 is 0 Å². The lowest BCUT2D eigenvalue weighted by Gasteiger charge is -2.13. The Morgan fingerprint density at radius 3 is 2.80 bits per heavy atom. The van der Waals surface area contributed by atoms with Crippen LogP contribution in [0.15, 0.2) is 30.4 Å². The summed E-state index contributed by atoms with van der Waals surface area (Å²) in [6.07, 6.45) is 0.730. The Hall–Kier alpha value is -1.48. The average Bonchev–Trinajstić information content (AvgIpc) is 2.17. The number of hydrogen-bond acceptors (Lipinski definition) is 3. The van der Waals surface area contributed by atoms with Crippen LogP contribution in [0.25, 0.3) is 0 Å². The monoisotopic (exact) mass is 207 g/mol. The lowest BCUT2D eigenvalue weighted by molar-refractivity contribution is 0.372. The Morgan fingerprint density at radius 1 is 1.60 bits per heavy atom. The number of methoxy groups -OCH3 is 1. The van der Waals surface area contributed by atoms with E-state index in [-0.39, 0.29) is 11.8 Å². The highest BCUT2D eigenvalue weighted by Crippen LogP contribution is 2.29. The van der Waals surface area contributed by atoms with Gasteiger partial charge < -0.3 is 15.6 Å². The fourth-order valence-corrected chi connectivity index (χ4v) is 1.42. The zero-order valence-electron chi connectivity index (χ0n) is 9.16. The highest BCUT2D eigenvalue weighted by molar-refractivity contribution is 5.42. The maximum Gasteiger partial charge on any atom is 0.160 e. The molecule has 0 aliphatic carbocycles. The Morgan fingerprint density at radius 2 is 2.27 bits per heavy atom. The molecule has 0 heterocycles. The van der Waals surface area contributed by atoms with Gasteiger partial charge in [0.2, 0.25) is 0 Å². The predicted molar refractivity (Wildman–Crippen MR) is 61.0 cm³/mol. The summed E-state index contributed by atoms with van der Waals surface area (Å²) < 4.78 is 5.01. The third-order valence-electron chi connectivity index (χ3n) is 2.20. The summed E-state index contributed by atoms with van der Waals surface area (Å²) in [7, 11) is 1.52. The quantitative estimate of drug-likeness (QED) is 0.745. The van der Waals surface area contributed by atoms with Gasteiger partial charge in [-0.3, -0.25) is 0 Å². The van der Waals surface area contributed by atoms with E-state index in [4.69, 9.17) is 10.5 Å². The number of phenolic OH excluding ortho intramolecular Hbond substituents is 1. The number of hydrogen-bond donors (Lipinski definition) is 2. The Bertz CT molecular complexity index is 361. The van der Waals surface area contributed by atoms with Crippen molar-refractivity contribution in [3.8, 4) is 11.5 Å². The number of benzene rings is 1. The van der Waals surface area contributed by atoms with Crippen molar-refractivity contribution in [3.05, 3.63) is 35.9 Å². The van der Waals surface area contributed by atoms with E-state index in [9.17, 15) is 5.11 Å². The molecule has 15 heavy (non-hydrogen) atoms. The van der Waals surface area contributed by atoms with Crippen molar-refractivity contribution >= 4 is 0 Å². The van der Waals surface area contributed by atoms with Gasteiger partial charge in [0, 0.05) is 6.04 Å². The largest absolute Gasteiger partial charge is 0.504 e. The van der Waals surface area contributed by atoms with Crippen molar-refractivity contribution in [3.63, 3.8) is 0 Å². The van der Waals surface area contributed by atoms with E-state index in [1.807, 2.05) is 6.92 Å². The van der Waals surface area contributed by atoms with Gasteiger partial charge in [-0.25, -0.2) is 0 Å². The third kappa shape index (κ3) is 2.99. The molecule has 82 valence electrons. The van der Waals surface area contributed by atoms with E-state index in [0.717, 1.165) is 17.6 Å². The van der Waals surface area contributed by atoms with Crippen LogP contribution in [0, 0.1) is 0 Å². The number of rotatable bonds is 4. The topological polar surface area (TPSA) is 55.5 Å². The summed E-state index contributed by atoms with van der Waals surface area (Å²) in [6, 6.07) is 5.04. The van der Waals surface area contributed by atoms with Gasteiger partial charge in [0.05, 0.1) is 7.11 Å². The summed E-state index contributed by atoms with van der Waals surface area (Å²) >= 11 is 0. The number of ether oxygens (including phenoxy) is 1. The van der Waals surface area contributed by atoms with Gasteiger partial charge in [0.1, 0.15) is 0 Å². The molecule has 1 atom stereocenters. The van der Waals surface area contributed by atoms with Crippen molar-refractivity contribution in [1.29, 1.82) is 0 Å². The summed E-state index contributed by atoms with van der Waals surface area (Å²) in [4.78, 5) is 0. The number of nitrogens with two attached hydrogens (primary N) is 1. The zero-order chi connectivity index (χ0) is 11.4. The normalized spacial score (nSPS) is 12.2. The molecule has 0 unspecified atom stereocenters. The van der Waals surface area contributed by atoms with E-state index in [1.165, 1.54) is 7.11 Å². The van der Waals surface area contributed by atoms with Gasteiger partial charge in [-0.1, -0.05) is 11.6 Å². The Labute approximate surface area is 90.2 Å². The van der Waals surface area contributed by atoms with Crippen LogP contribution >= 0.6 is 0 Å². The fraction of sp³-hybridized carbons (Fsp3) is 0.333. The van der Waals surface area contributed by atoms with Crippen LogP contribution < -0.4 is 10.5 Å². The van der Waals surface area contributed by atoms with E-state index in [0.29, 0.717) is 5.75 Å². The van der Waals surface area contributed by atoms with Gasteiger partial charge >= 0.3 is 0 Å². The summed E-state index contributed by atoms with van der Waals surface area (Å²) in [5.74, 6) is 0.577. The number of phenols is 1. The second kappa shape index (κ2) is 4.84. The second-order valence-electron chi connectivity index (χ2n) is 3.70. The smallest absolute Gasteiger partial charge is 0.160 e. The van der Waals surface area contributed by atoms with Crippen LogP contribution in [-0.2, 0) is 0 Å². The first-order valence-electron chi connectivity index (χ1n) is 4.81. The van der Waals surface area contributed by atoms with Crippen molar-refractivity contribution in [2.45, 2.75) is 19.4 Å². The van der Waals surface area contributed by atoms with E-state index in [1.54, 1.807) is 18.2 Å². The molecule has 0 aliphatic rings. The maximum absolute atomic E-state index is 9.42. The van der Waals surface area contributed by atoms with Crippen molar-refractivity contribution in [1.82, 2.24) is 0 Å². The van der Waals surface area contributed by atoms with Gasteiger partial charge in [0.25, 0.3) is 0 Å². The van der Waals surface area contributed by atoms with Gasteiger partial charge in [0.15, 0.2) is 11.5 Å². The van der Waals surface area contributed by atoms with Crippen molar-refractivity contribution in [2.24, 2.45) is 5.73 Å². The Balaban J connectivity index is 2.90. The second-order valence-corrected chi connectivity index (χ2v) is 3.70. The van der Waals surface area contributed by atoms with Crippen LogP contribution in [0.1, 0.15) is 24.9 Å². The molecule has 0 aromatic heterocycles. The zero-order valence-corrected chi connectivity index (χ0v) is 9.16. The Kier molecular flexibility index (Phi) is 3.74. The molecule has 0 saturated heterocycles. The summed E-state index contributed by atoms with van der Waals surface area (Å²) in [6.45, 7) is 5.76. The minimum Gasteiger partial charge on any atom is -0.504 e. The molecule has 3 nitrogen and oxygen atoms in total. The molecule has 0 aliphatic heterocycles. The first kappa shape index (κ1) is 11.6. The molecule has 1 aromatic rings.